The Kier molecular flexibility index (Phi) is 9.75. The van der Waals surface area contributed by atoms with Crippen LogP contribution in [0.25, 0.3) is 11.3 Å². The fourth-order valence-corrected chi connectivity index (χ4v) is 3.84. The van der Waals surface area contributed by atoms with Gasteiger partial charge in [0, 0.05) is 23.4 Å². The van der Waals surface area contributed by atoms with Gasteiger partial charge >= 0.3 is 0 Å². The van der Waals surface area contributed by atoms with E-state index in [1.807, 2.05) is 105 Å². The second-order valence-electron chi connectivity index (χ2n) is 7.84. The number of amides is 1. The predicted octanol–water partition coefficient (Wildman–Crippen LogP) is 5.70. The van der Waals surface area contributed by atoms with Crippen LogP contribution in [0, 0.1) is 13.8 Å². The van der Waals surface area contributed by atoms with Gasteiger partial charge in [0.1, 0.15) is 5.82 Å². The molecule has 0 spiro atoms. The molecule has 0 radical (unpaired) electrons. The Balaban J connectivity index is 0.00000204. The van der Waals surface area contributed by atoms with Gasteiger partial charge in [-0.05, 0) is 42.7 Å². The van der Waals surface area contributed by atoms with E-state index in [-0.39, 0.29) is 36.6 Å². The highest BCUT2D eigenvalue weighted by Gasteiger charge is 2.27. The molecule has 1 unspecified atom stereocenters. The average Bonchev–Trinajstić information content (AvgIpc) is 2.83. The molecule has 4 rings (SSSR count). The summed E-state index contributed by atoms with van der Waals surface area (Å²) in [5.41, 5.74) is 12.1. The average molecular weight is 495 g/mol. The normalized spacial score (nSPS) is 11.2. The lowest BCUT2D eigenvalue weighted by Gasteiger charge is -2.24. The van der Waals surface area contributed by atoms with E-state index in [2.05, 4.69) is 15.3 Å². The zero-order valence-corrected chi connectivity index (χ0v) is 20.6. The molecule has 1 amide bonds. The second-order valence-corrected chi connectivity index (χ2v) is 7.84. The minimum Gasteiger partial charge on any atom is -0.325 e. The van der Waals surface area contributed by atoms with Crippen LogP contribution in [0.1, 0.15) is 28.4 Å². The molecule has 0 saturated heterocycles. The van der Waals surface area contributed by atoms with Gasteiger partial charge in [-0.3, -0.25) is 4.79 Å². The lowest BCUT2D eigenvalue weighted by Crippen LogP contribution is -2.41. The minimum absolute atomic E-state index is 0. The highest BCUT2D eigenvalue weighted by atomic mass is 35.5. The lowest BCUT2D eigenvalue weighted by molar-refractivity contribution is -0.117. The second kappa shape index (κ2) is 12.3. The summed E-state index contributed by atoms with van der Waals surface area (Å²) in [6.07, 6.45) is 1.82. The minimum atomic E-state index is -0.744. The molecule has 1 heterocycles. The number of aromatic nitrogens is 2. The maximum atomic E-state index is 13.1. The summed E-state index contributed by atoms with van der Waals surface area (Å²) in [5, 5.41) is 2.97. The van der Waals surface area contributed by atoms with Gasteiger partial charge in [0.2, 0.25) is 5.91 Å². The molecular formula is C27H28Cl2N4O. The van der Waals surface area contributed by atoms with Crippen LogP contribution in [0.4, 0.5) is 5.69 Å². The van der Waals surface area contributed by atoms with Crippen molar-refractivity contribution in [3.63, 3.8) is 0 Å². The van der Waals surface area contributed by atoms with E-state index in [1.54, 1.807) is 0 Å². The van der Waals surface area contributed by atoms with Crippen molar-refractivity contribution in [1.29, 1.82) is 0 Å². The predicted molar refractivity (Wildman–Crippen MR) is 143 cm³/mol. The zero-order chi connectivity index (χ0) is 22.5. The Morgan fingerprint density at radius 1 is 0.824 bits per heavy atom. The summed E-state index contributed by atoms with van der Waals surface area (Å²) >= 11 is 0. The van der Waals surface area contributed by atoms with Crippen molar-refractivity contribution in [2.24, 2.45) is 5.73 Å². The van der Waals surface area contributed by atoms with Crippen molar-refractivity contribution in [2.75, 3.05) is 5.32 Å². The van der Waals surface area contributed by atoms with Crippen LogP contribution in [0.2, 0.25) is 0 Å². The number of hydrogen-bond donors (Lipinski definition) is 2. The van der Waals surface area contributed by atoms with E-state index >= 15 is 0 Å². The number of nitrogens with zero attached hydrogens (tertiary/aromatic N) is 2. The van der Waals surface area contributed by atoms with Crippen LogP contribution in [-0.2, 0) is 4.79 Å². The number of carbonyl (C=O) groups is 1. The molecule has 3 N–H and O–H groups in total. The fraction of sp³-hybridized carbons (Fsp3) is 0.148. The van der Waals surface area contributed by atoms with Crippen molar-refractivity contribution >= 4 is 36.4 Å². The molecular weight excluding hydrogens is 467 g/mol. The number of rotatable bonds is 6. The smallest absolute Gasteiger partial charge is 0.242 e. The summed E-state index contributed by atoms with van der Waals surface area (Å²) < 4.78 is 0. The van der Waals surface area contributed by atoms with Gasteiger partial charge in [-0.2, -0.15) is 0 Å². The highest BCUT2D eigenvalue weighted by Crippen LogP contribution is 2.28. The summed E-state index contributed by atoms with van der Waals surface area (Å²) in [4.78, 5) is 21.9. The number of halogens is 2. The molecule has 4 aromatic rings. The maximum Gasteiger partial charge on any atom is 0.242 e. The molecule has 0 aliphatic rings. The van der Waals surface area contributed by atoms with E-state index in [1.165, 1.54) is 0 Å². The number of nitrogens with one attached hydrogen (secondary N) is 1. The monoisotopic (exact) mass is 494 g/mol. The van der Waals surface area contributed by atoms with Crippen molar-refractivity contribution in [3.05, 3.63) is 114 Å². The summed E-state index contributed by atoms with van der Waals surface area (Å²) in [6.45, 7) is 3.85. The molecule has 0 bridgehead atoms. The van der Waals surface area contributed by atoms with Gasteiger partial charge < -0.3 is 11.1 Å². The van der Waals surface area contributed by atoms with Crippen molar-refractivity contribution in [1.82, 2.24) is 9.97 Å². The van der Waals surface area contributed by atoms with Crippen LogP contribution in [0.15, 0.2) is 91.1 Å². The first kappa shape index (κ1) is 27.0. The molecule has 0 fully saturated rings. The van der Waals surface area contributed by atoms with Gasteiger partial charge in [-0.15, -0.1) is 24.8 Å². The first-order valence-corrected chi connectivity index (χ1v) is 10.6. The van der Waals surface area contributed by atoms with Gasteiger partial charge in [-0.1, -0.05) is 72.8 Å². The largest absolute Gasteiger partial charge is 0.325 e. The number of benzene rings is 3. The molecule has 0 saturated carbocycles. The van der Waals surface area contributed by atoms with E-state index < -0.39 is 6.04 Å². The molecule has 3 aromatic carbocycles. The van der Waals surface area contributed by atoms with Gasteiger partial charge in [0.15, 0.2) is 0 Å². The fourth-order valence-electron chi connectivity index (χ4n) is 3.84. The van der Waals surface area contributed by atoms with Gasteiger partial charge in [0.25, 0.3) is 0 Å². The zero-order valence-electron chi connectivity index (χ0n) is 19.0. The third-order valence-electron chi connectivity index (χ3n) is 5.50. The quantitative estimate of drug-likeness (QED) is 0.360. The molecule has 0 aliphatic carbocycles. The Hall–Kier alpha value is -3.25. The summed E-state index contributed by atoms with van der Waals surface area (Å²) in [6, 6.07) is 26.7. The SMILES string of the molecule is Cc1ncc(C)c(-c2ccc(NC(=O)C(N)C(c3ccccc3)c3ccccc3)cc2)n1.Cl.Cl. The number of nitrogens with two attached hydrogens (primary N) is 1. The van der Waals surface area contributed by atoms with Crippen LogP contribution >= 0.6 is 24.8 Å². The maximum absolute atomic E-state index is 13.1. The van der Waals surface area contributed by atoms with Crippen LogP contribution in [0.5, 0.6) is 0 Å². The van der Waals surface area contributed by atoms with E-state index in [4.69, 9.17) is 5.73 Å². The first-order chi connectivity index (χ1) is 15.5. The van der Waals surface area contributed by atoms with Crippen molar-refractivity contribution in [3.8, 4) is 11.3 Å². The Morgan fingerprint density at radius 3 is 1.88 bits per heavy atom. The Morgan fingerprint density at radius 2 is 1.35 bits per heavy atom. The molecule has 34 heavy (non-hydrogen) atoms. The Labute approximate surface area is 212 Å². The molecule has 5 nitrogen and oxygen atoms in total. The van der Waals surface area contributed by atoms with Gasteiger partial charge in [0.05, 0.1) is 11.7 Å². The van der Waals surface area contributed by atoms with Crippen molar-refractivity contribution < 1.29 is 4.79 Å². The molecule has 176 valence electrons. The van der Waals surface area contributed by atoms with E-state index in [9.17, 15) is 4.79 Å². The van der Waals surface area contributed by atoms with Crippen LogP contribution < -0.4 is 11.1 Å². The number of carbonyl (C=O) groups excluding carboxylic acids is 1. The lowest BCUT2D eigenvalue weighted by atomic mass is 9.85. The number of aryl methyl sites for hydroxylation is 2. The number of hydrogen-bond acceptors (Lipinski definition) is 4. The van der Waals surface area contributed by atoms with Crippen LogP contribution in [-0.4, -0.2) is 21.9 Å². The van der Waals surface area contributed by atoms with Gasteiger partial charge in [-0.25, -0.2) is 9.97 Å². The first-order valence-electron chi connectivity index (χ1n) is 10.6. The highest BCUT2D eigenvalue weighted by molar-refractivity contribution is 5.96. The molecule has 1 aromatic heterocycles. The summed E-state index contributed by atoms with van der Waals surface area (Å²) in [7, 11) is 0. The molecule has 0 aliphatic heterocycles. The number of anilines is 1. The van der Waals surface area contributed by atoms with Crippen molar-refractivity contribution in [2.45, 2.75) is 25.8 Å². The standard InChI is InChI=1S/C27H26N4O.2ClH/c1-18-17-29-19(2)30-26(18)22-13-15-23(16-14-22)31-27(32)25(28)24(20-9-5-3-6-10-20)21-11-7-4-8-12-21;;/h3-17,24-25H,28H2,1-2H3,(H,31,32);2*1H. The van der Waals surface area contributed by atoms with Crippen LogP contribution in [0.3, 0.4) is 0 Å². The molecule has 7 heteroatoms. The third-order valence-corrected chi connectivity index (χ3v) is 5.50. The third kappa shape index (κ3) is 6.20. The Bertz CT molecular complexity index is 1160. The van der Waals surface area contributed by atoms with E-state index in [0.717, 1.165) is 33.8 Å². The molecule has 1 atom stereocenters. The summed E-state index contributed by atoms with van der Waals surface area (Å²) in [5.74, 6) is 0.245. The van der Waals surface area contributed by atoms with E-state index in [0.29, 0.717) is 5.69 Å². The topological polar surface area (TPSA) is 80.9 Å².